The number of amides is 2. The van der Waals surface area contributed by atoms with Gasteiger partial charge in [0.1, 0.15) is 5.58 Å². The van der Waals surface area contributed by atoms with E-state index >= 15 is 0 Å². The lowest BCUT2D eigenvalue weighted by atomic mass is 10.1. The topological polar surface area (TPSA) is 65.8 Å². The first-order valence-electron chi connectivity index (χ1n) is 11.6. The number of furan rings is 1. The molecule has 0 atom stereocenters. The Morgan fingerprint density at radius 2 is 1.69 bits per heavy atom. The van der Waals surface area contributed by atoms with Gasteiger partial charge in [-0.3, -0.25) is 9.59 Å². The second-order valence-electron chi connectivity index (χ2n) is 8.33. The van der Waals surface area contributed by atoms with Crippen molar-refractivity contribution in [1.82, 2.24) is 4.90 Å². The summed E-state index contributed by atoms with van der Waals surface area (Å²) in [5.41, 5.74) is 2.66. The summed E-state index contributed by atoms with van der Waals surface area (Å²) < 4.78 is 5.74. The normalized spacial score (nSPS) is 14.0. The zero-order valence-corrected chi connectivity index (χ0v) is 18.7. The molecule has 6 heteroatoms. The molecule has 0 bridgehead atoms. The molecule has 0 unspecified atom stereocenters. The smallest absolute Gasteiger partial charge is 0.289 e. The lowest BCUT2D eigenvalue weighted by molar-refractivity contribution is -0.116. The van der Waals surface area contributed by atoms with Gasteiger partial charge in [-0.05, 0) is 42.8 Å². The molecule has 1 saturated heterocycles. The summed E-state index contributed by atoms with van der Waals surface area (Å²) in [5, 5.41) is 3.93. The summed E-state index contributed by atoms with van der Waals surface area (Å²) in [6.07, 6.45) is 4.97. The van der Waals surface area contributed by atoms with Crippen LogP contribution in [0, 0.1) is 0 Å². The van der Waals surface area contributed by atoms with Crippen LogP contribution >= 0.6 is 0 Å². The maximum Gasteiger partial charge on any atom is 0.289 e. The lowest BCUT2D eigenvalue weighted by Crippen LogP contribution is -2.48. The molecule has 2 amide bonds. The van der Waals surface area contributed by atoms with E-state index in [4.69, 9.17) is 4.42 Å². The second kappa shape index (κ2) is 10.4. The van der Waals surface area contributed by atoms with Crippen molar-refractivity contribution in [2.24, 2.45) is 0 Å². The summed E-state index contributed by atoms with van der Waals surface area (Å²) >= 11 is 0. The monoisotopic (exact) mass is 433 g/mol. The van der Waals surface area contributed by atoms with Crippen LogP contribution in [0.4, 0.5) is 11.4 Å². The molecular formula is C26H31N3O3. The Morgan fingerprint density at radius 1 is 0.938 bits per heavy atom. The molecule has 0 radical (unpaired) electrons. The number of unbranched alkanes of at least 4 members (excludes halogenated alkanes) is 3. The highest BCUT2D eigenvalue weighted by molar-refractivity contribution is 5.96. The molecule has 1 fully saturated rings. The number of piperazine rings is 1. The van der Waals surface area contributed by atoms with E-state index in [0.717, 1.165) is 48.3 Å². The number of hydrogen-bond acceptors (Lipinski definition) is 4. The average molecular weight is 434 g/mol. The predicted octanol–water partition coefficient (Wildman–Crippen LogP) is 5.30. The van der Waals surface area contributed by atoms with Crippen molar-refractivity contribution in [2.75, 3.05) is 36.4 Å². The summed E-state index contributed by atoms with van der Waals surface area (Å²) in [5.74, 6) is 0.416. The van der Waals surface area contributed by atoms with Crippen LogP contribution in [0.25, 0.3) is 11.0 Å². The zero-order valence-electron chi connectivity index (χ0n) is 18.7. The fraction of sp³-hybridized carbons (Fsp3) is 0.385. The molecule has 3 aromatic rings. The van der Waals surface area contributed by atoms with Crippen molar-refractivity contribution < 1.29 is 14.0 Å². The minimum absolute atomic E-state index is 0.0575. The predicted molar refractivity (Wildman–Crippen MR) is 128 cm³/mol. The van der Waals surface area contributed by atoms with Crippen LogP contribution in [-0.4, -0.2) is 42.9 Å². The Hall–Kier alpha value is -3.28. The summed E-state index contributed by atoms with van der Waals surface area (Å²) in [7, 11) is 0. The Bertz CT molecular complexity index is 1020. The number of fused-ring (bicyclic) bond motifs is 1. The number of hydrogen-bond donors (Lipinski definition) is 1. The van der Waals surface area contributed by atoms with Crippen molar-refractivity contribution in [3.63, 3.8) is 0 Å². The number of carbonyl (C=O) groups excluding carboxylic acids is 2. The van der Waals surface area contributed by atoms with E-state index < -0.39 is 0 Å². The fourth-order valence-corrected chi connectivity index (χ4v) is 4.10. The van der Waals surface area contributed by atoms with Gasteiger partial charge in [0.2, 0.25) is 5.91 Å². The second-order valence-corrected chi connectivity index (χ2v) is 8.33. The van der Waals surface area contributed by atoms with Crippen molar-refractivity contribution in [3.05, 3.63) is 60.4 Å². The molecule has 1 aliphatic rings. The summed E-state index contributed by atoms with van der Waals surface area (Å²) in [6, 6.07) is 17.5. The van der Waals surface area contributed by atoms with Gasteiger partial charge in [-0.15, -0.1) is 0 Å². The van der Waals surface area contributed by atoms with Crippen LogP contribution in [0.15, 0.2) is 59.0 Å². The molecule has 1 aromatic heterocycles. The van der Waals surface area contributed by atoms with Gasteiger partial charge in [-0.2, -0.15) is 0 Å². The molecule has 2 heterocycles. The fourth-order valence-electron chi connectivity index (χ4n) is 4.10. The first kappa shape index (κ1) is 21.9. The first-order valence-corrected chi connectivity index (χ1v) is 11.6. The number of para-hydroxylation sites is 1. The van der Waals surface area contributed by atoms with Crippen LogP contribution in [0.1, 0.15) is 49.6 Å². The third-order valence-corrected chi connectivity index (χ3v) is 5.98. The SMILES string of the molecule is CCCCCCC(=O)Nc1ccc(N2CCN(C(=O)c3cc4ccccc4o3)CC2)cc1. The van der Waals surface area contributed by atoms with Crippen molar-refractivity contribution in [2.45, 2.75) is 39.0 Å². The van der Waals surface area contributed by atoms with Gasteiger partial charge in [0, 0.05) is 49.4 Å². The van der Waals surface area contributed by atoms with E-state index in [9.17, 15) is 9.59 Å². The quantitative estimate of drug-likeness (QED) is 0.489. The van der Waals surface area contributed by atoms with Gasteiger partial charge in [-0.1, -0.05) is 44.4 Å². The van der Waals surface area contributed by atoms with E-state index in [0.29, 0.717) is 25.3 Å². The number of carbonyl (C=O) groups is 2. The largest absolute Gasteiger partial charge is 0.451 e. The standard InChI is InChI=1S/C26H31N3O3/c1-2-3-4-5-10-25(30)27-21-11-13-22(14-12-21)28-15-17-29(18-16-28)26(31)24-19-20-8-6-7-9-23(20)32-24/h6-9,11-14,19H,2-5,10,15-18H2,1H3,(H,27,30). The van der Waals surface area contributed by atoms with Gasteiger partial charge in [-0.25, -0.2) is 0 Å². The molecule has 4 rings (SSSR count). The highest BCUT2D eigenvalue weighted by atomic mass is 16.3. The van der Waals surface area contributed by atoms with Crippen LogP contribution in [-0.2, 0) is 4.79 Å². The van der Waals surface area contributed by atoms with Crippen molar-refractivity contribution >= 4 is 34.2 Å². The number of benzene rings is 2. The van der Waals surface area contributed by atoms with E-state index in [1.54, 1.807) is 0 Å². The molecule has 168 valence electrons. The van der Waals surface area contributed by atoms with Crippen LogP contribution in [0.3, 0.4) is 0 Å². The Balaban J connectivity index is 1.27. The third kappa shape index (κ3) is 5.31. The molecule has 1 N–H and O–H groups in total. The van der Waals surface area contributed by atoms with Gasteiger partial charge in [0.15, 0.2) is 5.76 Å². The van der Waals surface area contributed by atoms with Crippen LogP contribution in [0.5, 0.6) is 0 Å². The zero-order chi connectivity index (χ0) is 22.3. The van der Waals surface area contributed by atoms with E-state index in [-0.39, 0.29) is 11.8 Å². The first-order chi connectivity index (χ1) is 15.6. The van der Waals surface area contributed by atoms with Crippen LogP contribution < -0.4 is 10.2 Å². The molecule has 32 heavy (non-hydrogen) atoms. The van der Waals surface area contributed by atoms with Gasteiger partial charge < -0.3 is 19.5 Å². The average Bonchev–Trinajstić information content (AvgIpc) is 3.26. The third-order valence-electron chi connectivity index (χ3n) is 5.98. The molecule has 0 spiro atoms. The minimum Gasteiger partial charge on any atom is -0.451 e. The maximum absolute atomic E-state index is 12.8. The maximum atomic E-state index is 12.8. The molecule has 6 nitrogen and oxygen atoms in total. The van der Waals surface area contributed by atoms with E-state index in [1.807, 2.05) is 59.5 Å². The molecular weight excluding hydrogens is 402 g/mol. The number of nitrogens with zero attached hydrogens (tertiary/aromatic N) is 2. The highest BCUT2D eigenvalue weighted by Gasteiger charge is 2.24. The van der Waals surface area contributed by atoms with Crippen molar-refractivity contribution in [1.29, 1.82) is 0 Å². The lowest BCUT2D eigenvalue weighted by Gasteiger charge is -2.35. The highest BCUT2D eigenvalue weighted by Crippen LogP contribution is 2.23. The van der Waals surface area contributed by atoms with Gasteiger partial charge >= 0.3 is 0 Å². The minimum atomic E-state index is -0.0575. The Kier molecular flexibility index (Phi) is 7.10. The Morgan fingerprint density at radius 3 is 2.41 bits per heavy atom. The summed E-state index contributed by atoms with van der Waals surface area (Å²) in [4.78, 5) is 29.0. The van der Waals surface area contributed by atoms with E-state index in [1.165, 1.54) is 12.8 Å². The summed E-state index contributed by atoms with van der Waals surface area (Å²) in [6.45, 7) is 4.97. The number of anilines is 2. The Labute approximate surface area is 189 Å². The number of rotatable bonds is 8. The van der Waals surface area contributed by atoms with E-state index in [2.05, 4.69) is 17.1 Å². The molecule has 0 saturated carbocycles. The molecule has 2 aromatic carbocycles. The van der Waals surface area contributed by atoms with Crippen molar-refractivity contribution in [3.8, 4) is 0 Å². The molecule has 1 aliphatic heterocycles. The number of nitrogens with one attached hydrogen (secondary N) is 1. The van der Waals surface area contributed by atoms with Gasteiger partial charge in [0.25, 0.3) is 5.91 Å². The van der Waals surface area contributed by atoms with Gasteiger partial charge in [0.05, 0.1) is 0 Å². The van der Waals surface area contributed by atoms with Crippen LogP contribution in [0.2, 0.25) is 0 Å². The molecule has 0 aliphatic carbocycles.